The van der Waals surface area contributed by atoms with E-state index in [2.05, 4.69) is 0 Å². The van der Waals surface area contributed by atoms with E-state index in [1.807, 2.05) is 41.8 Å². The Morgan fingerprint density at radius 2 is 1.77 bits per heavy atom. The molecular weight excluding hydrogens is 330 g/mol. The van der Waals surface area contributed by atoms with Crippen molar-refractivity contribution in [2.45, 2.75) is 33.1 Å². The van der Waals surface area contributed by atoms with Crippen molar-refractivity contribution < 1.29 is 14.4 Å². The maximum Gasteiger partial charge on any atom is 0.231 e. The molecule has 0 bridgehead atoms. The molecule has 6 heteroatoms. The molecule has 2 aliphatic rings. The van der Waals surface area contributed by atoms with E-state index in [4.69, 9.17) is 0 Å². The molecular formula is C20H27N3O3. The Kier molecular flexibility index (Phi) is 5.30. The lowest BCUT2D eigenvalue weighted by atomic mass is 10.1. The van der Waals surface area contributed by atoms with Crippen LogP contribution in [-0.4, -0.2) is 60.7 Å². The Morgan fingerprint density at radius 3 is 2.50 bits per heavy atom. The van der Waals surface area contributed by atoms with Gasteiger partial charge in [0.05, 0.1) is 12.8 Å². The van der Waals surface area contributed by atoms with Crippen molar-refractivity contribution in [3.05, 3.63) is 29.3 Å². The van der Waals surface area contributed by atoms with Crippen molar-refractivity contribution in [1.29, 1.82) is 0 Å². The fraction of sp³-hybridized carbons (Fsp3) is 0.550. The molecule has 0 unspecified atom stereocenters. The second-order valence-electron chi connectivity index (χ2n) is 7.48. The number of rotatable bonds is 3. The monoisotopic (exact) mass is 357 g/mol. The molecule has 0 aromatic heterocycles. The zero-order valence-corrected chi connectivity index (χ0v) is 15.8. The molecule has 6 nitrogen and oxygen atoms in total. The molecule has 1 saturated heterocycles. The highest BCUT2D eigenvalue weighted by atomic mass is 16.2. The summed E-state index contributed by atoms with van der Waals surface area (Å²) in [5, 5.41) is 0. The third-order valence-corrected chi connectivity index (χ3v) is 5.23. The van der Waals surface area contributed by atoms with E-state index < -0.39 is 0 Å². The van der Waals surface area contributed by atoms with Crippen LogP contribution in [0.3, 0.4) is 0 Å². The molecule has 2 aliphatic heterocycles. The molecule has 0 N–H and O–H groups in total. The van der Waals surface area contributed by atoms with Crippen LogP contribution < -0.4 is 4.90 Å². The molecule has 0 atom stereocenters. The van der Waals surface area contributed by atoms with E-state index in [1.165, 1.54) is 0 Å². The van der Waals surface area contributed by atoms with Gasteiger partial charge in [-0.05, 0) is 23.6 Å². The Balaban J connectivity index is 1.61. The van der Waals surface area contributed by atoms with E-state index in [-0.39, 0.29) is 23.6 Å². The van der Waals surface area contributed by atoms with E-state index in [9.17, 15) is 14.4 Å². The summed E-state index contributed by atoms with van der Waals surface area (Å²) >= 11 is 0. The van der Waals surface area contributed by atoms with Crippen molar-refractivity contribution in [2.24, 2.45) is 5.92 Å². The first-order valence-corrected chi connectivity index (χ1v) is 9.31. The number of hydrogen-bond donors (Lipinski definition) is 0. The first-order valence-electron chi connectivity index (χ1n) is 9.31. The molecule has 1 fully saturated rings. The van der Waals surface area contributed by atoms with Gasteiger partial charge in [0, 0.05) is 44.8 Å². The number of likely N-dealkylation sites (N-methyl/N-ethyl adjacent to an activating group) is 1. The summed E-state index contributed by atoms with van der Waals surface area (Å²) in [5.74, 6) is 0.323. The quantitative estimate of drug-likeness (QED) is 0.823. The minimum atomic E-state index is -0.00972. The lowest BCUT2D eigenvalue weighted by Gasteiger charge is -2.23. The third kappa shape index (κ3) is 3.74. The summed E-state index contributed by atoms with van der Waals surface area (Å²) in [6, 6.07) is 5.83. The number of benzene rings is 1. The van der Waals surface area contributed by atoms with Gasteiger partial charge in [0.25, 0.3) is 0 Å². The standard InChI is InChI=1S/C20H27N3O3/c1-14(2)20(26)23-8-4-7-22(9-10-23)19(25)12-15-5-6-17-16(11-15)13-18(24)21(17)3/h5-6,11,14H,4,7-10,12-13H2,1-3H3. The van der Waals surface area contributed by atoms with Gasteiger partial charge in [-0.2, -0.15) is 0 Å². The van der Waals surface area contributed by atoms with Gasteiger partial charge in [-0.15, -0.1) is 0 Å². The lowest BCUT2D eigenvalue weighted by molar-refractivity contribution is -0.135. The third-order valence-electron chi connectivity index (χ3n) is 5.23. The summed E-state index contributed by atoms with van der Waals surface area (Å²) in [5.41, 5.74) is 2.87. The van der Waals surface area contributed by atoms with Crippen molar-refractivity contribution in [2.75, 3.05) is 38.1 Å². The fourth-order valence-corrected chi connectivity index (χ4v) is 3.67. The zero-order valence-electron chi connectivity index (χ0n) is 15.8. The number of amides is 3. The molecule has 3 rings (SSSR count). The number of hydrogen-bond acceptors (Lipinski definition) is 3. The normalized spacial score (nSPS) is 17.5. The number of nitrogens with zero attached hydrogens (tertiary/aromatic N) is 3. The van der Waals surface area contributed by atoms with Crippen molar-refractivity contribution in [3.63, 3.8) is 0 Å². The topological polar surface area (TPSA) is 60.9 Å². The second kappa shape index (κ2) is 7.48. The average molecular weight is 357 g/mol. The van der Waals surface area contributed by atoms with E-state index in [0.29, 0.717) is 39.0 Å². The molecule has 1 aromatic rings. The zero-order chi connectivity index (χ0) is 18.8. The predicted octanol–water partition coefficient (Wildman–Crippen LogP) is 1.46. The number of fused-ring (bicyclic) bond motifs is 1. The van der Waals surface area contributed by atoms with Crippen LogP contribution in [0.15, 0.2) is 18.2 Å². The summed E-state index contributed by atoms with van der Waals surface area (Å²) < 4.78 is 0. The van der Waals surface area contributed by atoms with E-state index in [0.717, 1.165) is 23.2 Å². The summed E-state index contributed by atoms with van der Waals surface area (Å²) in [7, 11) is 1.78. The average Bonchev–Trinajstić information content (AvgIpc) is 2.79. The van der Waals surface area contributed by atoms with Crippen LogP contribution in [-0.2, 0) is 27.2 Å². The van der Waals surface area contributed by atoms with Crippen LogP contribution in [0, 0.1) is 5.92 Å². The molecule has 0 aliphatic carbocycles. The van der Waals surface area contributed by atoms with Gasteiger partial charge in [0.1, 0.15) is 0 Å². The SMILES string of the molecule is CC(C)C(=O)N1CCCN(C(=O)Cc2ccc3c(c2)CC(=O)N3C)CC1. The number of anilines is 1. The molecule has 26 heavy (non-hydrogen) atoms. The van der Waals surface area contributed by atoms with Crippen molar-refractivity contribution in [1.82, 2.24) is 9.80 Å². The van der Waals surface area contributed by atoms with Crippen LogP contribution in [0.25, 0.3) is 0 Å². The first-order chi connectivity index (χ1) is 12.4. The lowest BCUT2D eigenvalue weighted by Crippen LogP contribution is -2.39. The highest BCUT2D eigenvalue weighted by Crippen LogP contribution is 2.28. The first kappa shape index (κ1) is 18.4. The maximum absolute atomic E-state index is 12.7. The van der Waals surface area contributed by atoms with E-state index in [1.54, 1.807) is 11.9 Å². The van der Waals surface area contributed by atoms with Crippen molar-refractivity contribution >= 4 is 23.4 Å². The maximum atomic E-state index is 12.7. The molecule has 0 radical (unpaired) electrons. The van der Waals surface area contributed by atoms with Crippen LogP contribution >= 0.6 is 0 Å². The van der Waals surface area contributed by atoms with Gasteiger partial charge in [-0.1, -0.05) is 26.0 Å². The Bertz CT molecular complexity index is 729. The Hall–Kier alpha value is -2.37. The highest BCUT2D eigenvalue weighted by Gasteiger charge is 2.26. The summed E-state index contributed by atoms with van der Waals surface area (Å²) in [4.78, 5) is 42.1. The largest absolute Gasteiger partial charge is 0.341 e. The Labute approximate surface area is 154 Å². The van der Waals surface area contributed by atoms with E-state index >= 15 is 0 Å². The second-order valence-corrected chi connectivity index (χ2v) is 7.48. The molecule has 140 valence electrons. The molecule has 1 aromatic carbocycles. The summed E-state index contributed by atoms with van der Waals surface area (Å²) in [6.45, 7) is 6.41. The minimum absolute atomic E-state index is 0.00972. The van der Waals surface area contributed by atoms with Crippen LogP contribution in [0.2, 0.25) is 0 Å². The molecule has 0 saturated carbocycles. The van der Waals surface area contributed by atoms with Crippen LogP contribution in [0.5, 0.6) is 0 Å². The van der Waals surface area contributed by atoms with Gasteiger partial charge in [-0.25, -0.2) is 0 Å². The molecule has 2 heterocycles. The molecule has 0 spiro atoms. The van der Waals surface area contributed by atoms with Gasteiger partial charge < -0.3 is 14.7 Å². The van der Waals surface area contributed by atoms with Gasteiger partial charge in [-0.3, -0.25) is 14.4 Å². The highest BCUT2D eigenvalue weighted by molar-refractivity contribution is 6.01. The van der Waals surface area contributed by atoms with Crippen molar-refractivity contribution in [3.8, 4) is 0 Å². The van der Waals surface area contributed by atoms with Crippen LogP contribution in [0.1, 0.15) is 31.4 Å². The number of carbonyl (C=O) groups is 3. The fourth-order valence-electron chi connectivity index (χ4n) is 3.67. The molecule has 3 amide bonds. The predicted molar refractivity (Wildman–Crippen MR) is 99.9 cm³/mol. The smallest absolute Gasteiger partial charge is 0.231 e. The van der Waals surface area contributed by atoms with Crippen LogP contribution in [0.4, 0.5) is 5.69 Å². The summed E-state index contributed by atoms with van der Waals surface area (Å²) in [6.07, 6.45) is 1.56. The number of carbonyl (C=O) groups excluding carboxylic acids is 3. The van der Waals surface area contributed by atoms with Gasteiger partial charge in [0.15, 0.2) is 0 Å². The Morgan fingerprint density at radius 1 is 1.08 bits per heavy atom. The van der Waals surface area contributed by atoms with Gasteiger partial charge in [0.2, 0.25) is 17.7 Å². The van der Waals surface area contributed by atoms with Gasteiger partial charge >= 0.3 is 0 Å². The minimum Gasteiger partial charge on any atom is -0.341 e.